The lowest BCUT2D eigenvalue weighted by Crippen LogP contribution is -2.34. The quantitative estimate of drug-likeness (QED) is 0.0162. The number of ether oxygens (including phenoxy) is 3. The maximum absolute atomic E-state index is 14.9. The van der Waals surface area contributed by atoms with Crippen molar-refractivity contribution < 1.29 is 47.5 Å². The monoisotopic (exact) mass is 1210 g/mol. The summed E-state index contributed by atoms with van der Waals surface area (Å²) < 4.78 is 29.0. The molecule has 0 N–H and O–H groups in total. The highest BCUT2D eigenvalue weighted by molar-refractivity contribution is 7.49. The van der Waals surface area contributed by atoms with Gasteiger partial charge in [-0.3, -0.25) is 33.3 Å². The number of nitrogens with zero attached hydrogens (tertiary/aromatic N) is 11. The number of carbonyl (C=O) groups is 6. The smallest absolute Gasteiger partial charge is 0.419 e. The molecule has 3 aromatic heterocycles. The number of amides is 4. The molecule has 6 heterocycles. The van der Waals surface area contributed by atoms with Gasteiger partial charge in [0.15, 0.2) is 0 Å². The van der Waals surface area contributed by atoms with E-state index in [0.29, 0.717) is 139 Å². The first-order chi connectivity index (χ1) is 41.6. The molecule has 1 unspecified atom stereocenters. The highest BCUT2D eigenvalue weighted by Gasteiger charge is 2.40. The minimum Gasteiger partial charge on any atom is -0.466 e. The van der Waals surface area contributed by atoms with Gasteiger partial charge < -0.3 is 38.4 Å². The Morgan fingerprint density at radius 1 is 0.779 bits per heavy atom. The number of hydrogen-bond donors (Lipinski definition) is 0. The molecule has 4 amide bonds. The van der Waals surface area contributed by atoms with Crippen LogP contribution in [0.3, 0.4) is 0 Å². The molecule has 0 saturated heterocycles. The second-order valence-corrected chi connectivity index (χ2v) is 24.7. The van der Waals surface area contributed by atoms with Crippen LogP contribution in [0.1, 0.15) is 123 Å². The first-order valence-electron chi connectivity index (χ1n) is 29.5. The van der Waals surface area contributed by atoms with Crippen molar-refractivity contribution in [2.75, 3.05) is 87.7 Å². The van der Waals surface area contributed by atoms with E-state index in [1.54, 1.807) is 60.2 Å². The number of thiazole rings is 1. The van der Waals surface area contributed by atoms with Gasteiger partial charge in [-0.15, -0.1) is 10.2 Å². The van der Waals surface area contributed by atoms with Crippen LogP contribution in [0.15, 0.2) is 94.1 Å². The van der Waals surface area contributed by atoms with Crippen LogP contribution in [0, 0.1) is 0 Å². The van der Waals surface area contributed by atoms with Crippen LogP contribution in [-0.4, -0.2) is 151 Å². The van der Waals surface area contributed by atoms with Crippen LogP contribution in [0.25, 0.3) is 32.0 Å². The third-order valence-corrected chi connectivity index (χ3v) is 18.9. The van der Waals surface area contributed by atoms with Crippen molar-refractivity contribution in [3.05, 3.63) is 107 Å². The fourth-order valence-corrected chi connectivity index (χ4v) is 14.6. The molecule has 0 saturated carbocycles. The Hall–Kier alpha value is -7.75. The highest BCUT2D eigenvalue weighted by Crippen LogP contribution is 2.46. The molecule has 0 spiro atoms. The Kier molecular flexibility index (Phi) is 19.5. The van der Waals surface area contributed by atoms with Crippen molar-refractivity contribution in [1.29, 1.82) is 0 Å². The van der Waals surface area contributed by atoms with E-state index >= 15 is 0 Å². The van der Waals surface area contributed by atoms with Gasteiger partial charge in [0.25, 0.3) is 17.7 Å². The Morgan fingerprint density at radius 2 is 1.48 bits per heavy atom. The van der Waals surface area contributed by atoms with Gasteiger partial charge in [-0.2, -0.15) is 0 Å². The number of rotatable bonds is 26. The third kappa shape index (κ3) is 12.9. The van der Waals surface area contributed by atoms with Gasteiger partial charge >= 0.3 is 18.1 Å². The SMILES string of the molecule is CCOC(=O)n1c(C(=O)N2CCc3c2ccc2c3cc3n2C(=O)N(CCCCCCOP(COCCC=NC)N(C(C)C)C(C)C)C3=O)cc2c3c(ccc21)N(C(=O)c1ccc2nc(N=Nc4ccc(N(C)CCCOC(C)=O)cc4)sc2c1)CC3. The van der Waals surface area contributed by atoms with Crippen molar-refractivity contribution in [3.8, 4) is 0 Å². The van der Waals surface area contributed by atoms with Crippen molar-refractivity contribution in [2.24, 2.45) is 15.2 Å². The molecule has 4 aromatic carbocycles. The van der Waals surface area contributed by atoms with E-state index in [2.05, 4.69) is 57.5 Å². The Morgan fingerprint density at radius 3 is 2.17 bits per heavy atom. The molecule has 0 bridgehead atoms. The van der Waals surface area contributed by atoms with E-state index in [1.165, 1.54) is 32.3 Å². The lowest BCUT2D eigenvalue weighted by Gasteiger charge is -2.36. The van der Waals surface area contributed by atoms with Crippen LogP contribution >= 0.6 is 19.6 Å². The molecule has 23 heteroatoms. The molecule has 3 aliphatic heterocycles. The zero-order valence-electron chi connectivity index (χ0n) is 50.1. The van der Waals surface area contributed by atoms with E-state index in [9.17, 15) is 28.8 Å². The van der Waals surface area contributed by atoms with Gasteiger partial charge in [0, 0.05) is 105 Å². The minimum atomic E-state index is -0.942. The first kappa shape index (κ1) is 61.3. The van der Waals surface area contributed by atoms with Gasteiger partial charge in [0.1, 0.15) is 26.0 Å². The zero-order valence-corrected chi connectivity index (χ0v) is 51.8. The van der Waals surface area contributed by atoms with E-state index in [4.69, 9.17) is 18.7 Å². The fourth-order valence-electron chi connectivity index (χ4n) is 11.7. The number of benzene rings is 4. The van der Waals surface area contributed by atoms with E-state index in [0.717, 1.165) is 59.1 Å². The Labute approximate surface area is 505 Å². The Balaban J connectivity index is 0.787. The number of unbranched alkanes of at least 4 members (excludes halogenated alkanes) is 3. The molecule has 452 valence electrons. The van der Waals surface area contributed by atoms with Crippen molar-refractivity contribution >= 4 is 122 Å². The van der Waals surface area contributed by atoms with Gasteiger partial charge in [0.2, 0.25) is 5.13 Å². The molecule has 0 aliphatic carbocycles. The molecular weight excluding hydrogens is 1130 g/mol. The molecule has 10 rings (SSSR count). The molecular formula is C63H74N11O10PS. The number of hydrogen-bond acceptors (Lipinski definition) is 17. The van der Waals surface area contributed by atoms with E-state index < -0.39 is 20.3 Å². The van der Waals surface area contributed by atoms with Gasteiger partial charge in [-0.1, -0.05) is 24.2 Å². The molecule has 21 nitrogen and oxygen atoms in total. The fraction of sp³-hybridized carbons (Fsp3) is 0.429. The third-order valence-electron chi connectivity index (χ3n) is 15.7. The number of esters is 1. The standard InChI is InChI=1S/C63H74N11O10PS/c1-9-82-63(80)73-54-25-23-51-47(26-31-69(51)58(76)43-16-21-50-57(36-43)86-61(65-50)67-66-44-17-19-45(20-18-44)68(8)29-15-34-83-42(6)75)49(54)38-56(73)59(77)70-32-27-46-48-37-55-60(78)71(62(79)72(55)53(48)24-22-52(46)70)30-12-10-11-13-35-84-85(39-81-33-14-28-64-7)74(40(2)3)41(4)5/h16-25,28,36-38,40-41H,9-15,26-27,29-35,39H2,1-8H3. The number of imide groups is 1. The van der Waals surface area contributed by atoms with Crippen LogP contribution in [0.2, 0.25) is 0 Å². The van der Waals surface area contributed by atoms with Crippen LogP contribution in [0.5, 0.6) is 0 Å². The summed E-state index contributed by atoms with van der Waals surface area (Å²) in [4.78, 5) is 97.6. The summed E-state index contributed by atoms with van der Waals surface area (Å²) in [6.45, 7) is 15.2. The predicted molar refractivity (Wildman–Crippen MR) is 337 cm³/mol. The maximum Gasteiger partial charge on any atom is 0.419 e. The van der Waals surface area contributed by atoms with Gasteiger partial charge in [-0.25, -0.2) is 19.1 Å². The second kappa shape index (κ2) is 27.3. The highest BCUT2D eigenvalue weighted by atomic mass is 32.1. The minimum absolute atomic E-state index is 0.0847. The molecule has 0 radical (unpaired) electrons. The number of aromatic nitrogens is 3. The topological polar surface area (TPSA) is 215 Å². The molecule has 1 atom stereocenters. The largest absolute Gasteiger partial charge is 0.466 e. The summed E-state index contributed by atoms with van der Waals surface area (Å²) in [6, 6.07) is 23.9. The Bertz CT molecular complexity index is 3750. The molecule has 7 aromatic rings. The van der Waals surface area contributed by atoms with E-state index in [-0.39, 0.29) is 36.1 Å². The number of fused-ring (bicyclic) bond motifs is 9. The first-order valence-corrected chi connectivity index (χ1v) is 31.8. The normalized spacial score (nSPS) is 14.4. The second-order valence-electron chi connectivity index (χ2n) is 22.0. The average molecular weight is 1210 g/mol. The summed E-state index contributed by atoms with van der Waals surface area (Å²) in [5, 5.41) is 10.6. The van der Waals surface area contributed by atoms with Gasteiger partial charge in [0.05, 0.1) is 53.4 Å². The van der Waals surface area contributed by atoms with E-state index in [1.807, 2.05) is 55.7 Å². The van der Waals surface area contributed by atoms with Crippen molar-refractivity contribution in [3.63, 3.8) is 0 Å². The molecule has 86 heavy (non-hydrogen) atoms. The number of azo groups is 1. The van der Waals surface area contributed by atoms with Crippen molar-refractivity contribution in [2.45, 2.75) is 105 Å². The molecule has 0 fully saturated rings. The lowest BCUT2D eigenvalue weighted by molar-refractivity contribution is -0.141. The van der Waals surface area contributed by atoms with Crippen LogP contribution in [-0.2, 0) is 36.4 Å². The van der Waals surface area contributed by atoms with Gasteiger partial charge in [-0.05, 0) is 157 Å². The summed E-state index contributed by atoms with van der Waals surface area (Å²) in [7, 11) is 2.79. The van der Waals surface area contributed by atoms with Crippen LogP contribution in [0.4, 0.5) is 37.5 Å². The summed E-state index contributed by atoms with van der Waals surface area (Å²) in [5.41, 5.74) is 7.27. The predicted octanol–water partition coefficient (Wildman–Crippen LogP) is 12.9. The molecule has 3 aliphatic rings. The summed E-state index contributed by atoms with van der Waals surface area (Å²) in [6.07, 6.45) is 7.35. The lowest BCUT2D eigenvalue weighted by atomic mass is 10.1. The number of aliphatic imine (C=N–C) groups is 1. The summed E-state index contributed by atoms with van der Waals surface area (Å²) in [5.74, 6) is -1.25. The van der Waals surface area contributed by atoms with Crippen LogP contribution < -0.4 is 14.7 Å². The number of anilines is 3. The van der Waals surface area contributed by atoms with Crippen molar-refractivity contribution in [1.82, 2.24) is 23.7 Å². The maximum atomic E-state index is 14.9. The summed E-state index contributed by atoms with van der Waals surface area (Å²) >= 11 is 1.33. The zero-order chi connectivity index (χ0) is 60.8. The number of carbonyl (C=O) groups excluding carboxylic acids is 6. The average Bonchev–Trinajstić information content (AvgIpc) is 1.62.